The molecule has 2 N–H and O–H groups in total. The van der Waals surface area contributed by atoms with Crippen molar-refractivity contribution in [1.82, 2.24) is 4.98 Å². The van der Waals surface area contributed by atoms with Gasteiger partial charge in [-0.15, -0.1) is 0 Å². The van der Waals surface area contributed by atoms with Crippen LogP contribution in [0.15, 0.2) is 18.3 Å². The Morgan fingerprint density at radius 3 is 2.94 bits per heavy atom. The Kier molecular flexibility index (Phi) is 4.33. The second-order valence-electron chi connectivity index (χ2n) is 3.26. The number of aliphatic hydroxyl groups excluding tert-OH is 1. The summed E-state index contributed by atoms with van der Waals surface area (Å²) in [5.74, 6) is -3.95. The number of hydrogen-bond donors (Lipinski definition) is 2. The summed E-state index contributed by atoms with van der Waals surface area (Å²) in [6, 6.07) is 2.89. The van der Waals surface area contributed by atoms with Crippen molar-refractivity contribution < 1.29 is 23.4 Å². The van der Waals surface area contributed by atoms with Crippen molar-refractivity contribution in [3.05, 3.63) is 23.9 Å². The number of aliphatic hydroxyl groups is 1. The summed E-state index contributed by atoms with van der Waals surface area (Å²) < 4.78 is 30.1. The van der Waals surface area contributed by atoms with Gasteiger partial charge in [-0.2, -0.15) is 0 Å². The van der Waals surface area contributed by atoms with Gasteiger partial charge in [-0.05, 0) is 12.1 Å². The third kappa shape index (κ3) is 3.63. The average Bonchev–Trinajstić information content (AvgIpc) is 2.36. The molecule has 1 aromatic rings. The number of carbonyl (C=O) groups is 1. The number of pyridine rings is 1. The molecule has 0 saturated heterocycles. The predicted octanol–water partition coefficient (Wildman–Crippen LogP) is 0.908. The third-order valence-electron chi connectivity index (χ3n) is 1.96. The SMILES string of the molecule is COC(=O)c1cccnc1NCC(F)(F)CO. The number of nitrogens with one attached hydrogen (secondary N) is 1. The van der Waals surface area contributed by atoms with E-state index in [-0.39, 0.29) is 11.4 Å². The third-order valence-corrected chi connectivity index (χ3v) is 1.96. The summed E-state index contributed by atoms with van der Waals surface area (Å²) in [4.78, 5) is 15.0. The van der Waals surface area contributed by atoms with Gasteiger partial charge < -0.3 is 15.2 Å². The molecule has 1 heterocycles. The fraction of sp³-hybridized carbons (Fsp3) is 0.400. The molecule has 0 unspecified atom stereocenters. The van der Waals surface area contributed by atoms with Crippen molar-refractivity contribution in [2.45, 2.75) is 5.92 Å². The van der Waals surface area contributed by atoms with Crippen LogP contribution in [0, 0.1) is 0 Å². The number of halogens is 2. The largest absolute Gasteiger partial charge is 0.465 e. The molecule has 1 rings (SSSR count). The van der Waals surface area contributed by atoms with Gasteiger partial charge in [0.15, 0.2) is 0 Å². The number of rotatable bonds is 5. The Morgan fingerprint density at radius 1 is 1.65 bits per heavy atom. The molecule has 0 spiro atoms. The Labute approximate surface area is 96.4 Å². The van der Waals surface area contributed by atoms with E-state index < -0.39 is 25.0 Å². The van der Waals surface area contributed by atoms with Crippen molar-refractivity contribution >= 4 is 11.8 Å². The van der Waals surface area contributed by atoms with Crippen molar-refractivity contribution in [2.75, 3.05) is 25.6 Å². The molecular formula is C10H12F2N2O3. The van der Waals surface area contributed by atoms with E-state index in [9.17, 15) is 13.6 Å². The van der Waals surface area contributed by atoms with E-state index in [2.05, 4.69) is 15.0 Å². The zero-order valence-corrected chi connectivity index (χ0v) is 9.11. The summed E-state index contributed by atoms with van der Waals surface area (Å²) >= 11 is 0. The zero-order valence-electron chi connectivity index (χ0n) is 9.11. The highest BCUT2D eigenvalue weighted by Crippen LogP contribution is 2.16. The van der Waals surface area contributed by atoms with E-state index in [0.717, 1.165) is 0 Å². The van der Waals surface area contributed by atoms with E-state index >= 15 is 0 Å². The summed E-state index contributed by atoms with van der Waals surface area (Å²) in [6.07, 6.45) is 1.35. The minimum absolute atomic E-state index is 0.00697. The first-order valence-corrected chi connectivity index (χ1v) is 4.76. The Balaban J connectivity index is 2.81. The molecule has 0 bridgehead atoms. The maximum atomic E-state index is 12.8. The lowest BCUT2D eigenvalue weighted by Gasteiger charge is -2.15. The van der Waals surface area contributed by atoms with Gasteiger partial charge in [0.2, 0.25) is 0 Å². The molecule has 94 valence electrons. The molecule has 0 saturated carbocycles. The van der Waals surface area contributed by atoms with Gasteiger partial charge in [-0.25, -0.2) is 18.6 Å². The fourth-order valence-corrected chi connectivity index (χ4v) is 1.09. The maximum absolute atomic E-state index is 12.8. The molecule has 17 heavy (non-hydrogen) atoms. The van der Waals surface area contributed by atoms with Crippen LogP contribution in [0.25, 0.3) is 0 Å². The molecule has 0 aromatic carbocycles. The molecule has 0 radical (unpaired) electrons. The molecule has 0 aliphatic rings. The Bertz CT molecular complexity index is 399. The van der Waals surface area contributed by atoms with Crippen LogP contribution in [0.5, 0.6) is 0 Å². The van der Waals surface area contributed by atoms with E-state index in [1.165, 1.54) is 25.4 Å². The number of carbonyl (C=O) groups excluding carboxylic acids is 1. The molecular weight excluding hydrogens is 234 g/mol. The van der Waals surface area contributed by atoms with E-state index in [1.54, 1.807) is 0 Å². The van der Waals surface area contributed by atoms with Gasteiger partial charge in [0.05, 0.1) is 13.7 Å². The fourth-order valence-electron chi connectivity index (χ4n) is 1.09. The number of alkyl halides is 2. The number of nitrogens with zero attached hydrogens (tertiary/aromatic N) is 1. The molecule has 0 fully saturated rings. The van der Waals surface area contributed by atoms with E-state index in [4.69, 9.17) is 5.11 Å². The molecule has 0 aliphatic heterocycles. The highest BCUT2D eigenvalue weighted by atomic mass is 19.3. The first kappa shape index (κ1) is 13.3. The first-order chi connectivity index (χ1) is 8.00. The van der Waals surface area contributed by atoms with E-state index in [0.29, 0.717) is 0 Å². The quantitative estimate of drug-likeness (QED) is 0.755. The minimum Gasteiger partial charge on any atom is -0.465 e. The number of esters is 1. The first-order valence-electron chi connectivity index (χ1n) is 4.76. The van der Waals surface area contributed by atoms with Crippen LogP contribution < -0.4 is 5.32 Å². The van der Waals surface area contributed by atoms with Crippen LogP contribution in [-0.4, -0.2) is 42.2 Å². The summed E-state index contributed by atoms with van der Waals surface area (Å²) in [5, 5.41) is 10.7. The summed E-state index contributed by atoms with van der Waals surface area (Å²) in [7, 11) is 1.18. The summed E-state index contributed by atoms with van der Waals surface area (Å²) in [5.41, 5.74) is 0.0590. The molecule has 0 atom stereocenters. The number of aromatic nitrogens is 1. The van der Waals surface area contributed by atoms with Gasteiger partial charge >= 0.3 is 5.97 Å². The number of hydrogen-bond acceptors (Lipinski definition) is 5. The number of methoxy groups -OCH3 is 1. The van der Waals surface area contributed by atoms with Crippen molar-refractivity contribution in [2.24, 2.45) is 0 Å². The minimum atomic E-state index is -3.27. The Morgan fingerprint density at radius 2 is 2.35 bits per heavy atom. The second kappa shape index (κ2) is 5.53. The molecule has 1 aromatic heterocycles. The standard InChI is InChI=1S/C10H12F2N2O3/c1-17-9(16)7-3-2-4-13-8(7)14-5-10(11,12)6-15/h2-4,15H,5-6H2,1H3,(H,13,14). The van der Waals surface area contributed by atoms with Crippen molar-refractivity contribution in [3.8, 4) is 0 Å². The predicted molar refractivity (Wildman–Crippen MR) is 56.1 cm³/mol. The van der Waals surface area contributed by atoms with Crippen LogP contribution in [0.3, 0.4) is 0 Å². The zero-order chi connectivity index (χ0) is 12.9. The van der Waals surface area contributed by atoms with E-state index in [1.807, 2.05) is 0 Å². The van der Waals surface area contributed by atoms with Crippen molar-refractivity contribution in [3.63, 3.8) is 0 Å². The maximum Gasteiger partial charge on any atom is 0.341 e. The van der Waals surface area contributed by atoms with Crippen LogP contribution in [0.1, 0.15) is 10.4 Å². The average molecular weight is 246 g/mol. The van der Waals surface area contributed by atoms with Crippen LogP contribution in [0.2, 0.25) is 0 Å². The normalized spacial score (nSPS) is 11.1. The molecule has 5 nitrogen and oxygen atoms in total. The highest BCUT2D eigenvalue weighted by molar-refractivity contribution is 5.94. The van der Waals surface area contributed by atoms with Crippen LogP contribution >= 0.6 is 0 Å². The molecule has 0 aliphatic carbocycles. The molecule has 7 heteroatoms. The van der Waals surface area contributed by atoms with Gasteiger partial charge in [-0.1, -0.05) is 0 Å². The second-order valence-corrected chi connectivity index (χ2v) is 3.26. The highest BCUT2D eigenvalue weighted by Gasteiger charge is 2.28. The van der Waals surface area contributed by atoms with Crippen molar-refractivity contribution in [1.29, 1.82) is 0 Å². The molecule has 0 amide bonds. The number of anilines is 1. The number of ether oxygens (including phenoxy) is 1. The monoisotopic (exact) mass is 246 g/mol. The van der Waals surface area contributed by atoms with Gasteiger partial charge in [-0.3, -0.25) is 0 Å². The van der Waals surface area contributed by atoms with Gasteiger partial charge in [0.1, 0.15) is 18.0 Å². The van der Waals surface area contributed by atoms with Crippen LogP contribution in [0.4, 0.5) is 14.6 Å². The Hall–Kier alpha value is -1.76. The lowest BCUT2D eigenvalue weighted by molar-refractivity contribution is -0.0373. The van der Waals surface area contributed by atoms with Gasteiger partial charge in [0.25, 0.3) is 5.92 Å². The lowest BCUT2D eigenvalue weighted by Crippen LogP contribution is -2.31. The lowest BCUT2D eigenvalue weighted by atomic mass is 10.2. The van der Waals surface area contributed by atoms with Gasteiger partial charge in [0, 0.05) is 6.20 Å². The van der Waals surface area contributed by atoms with Crippen LogP contribution in [-0.2, 0) is 4.74 Å². The smallest absolute Gasteiger partial charge is 0.341 e. The summed E-state index contributed by atoms with van der Waals surface area (Å²) in [6.45, 7) is -2.09. The topological polar surface area (TPSA) is 71.5 Å².